The number of halogens is 1. The molecule has 0 unspecified atom stereocenters. The maximum absolute atomic E-state index is 12.1. The van der Waals surface area contributed by atoms with Gasteiger partial charge in [0.1, 0.15) is 0 Å². The fourth-order valence-electron chi connectivity index (χ4n) is 2.03. The Labute approximate surface area is 117 Å². The lowest BCUT2D eigenvalue weighted by Crippen LogP contribution is -2.45. The molecule has 0 saturated carbocycles. The van der Waals surface area contributed by atoms with E-state index in [9.17, 15) is 4.79 Å². The molecule has 1 amide bonds. The molecular formula is C13H27ClN2O2. The zero-order valence-corrected chi connectivity index (χ0v) is 12.6. The second-order valence-corrected chi connectivity index (χ2v) is 5.75. The van der Waals surface area contributed by atoms with E-state index < -0.39 is 0 Å². The molecule has 4 nitrogen and oxygen atoms in total. The quantitative estimate of drug-likeness (QED) is 0.798. The summed E-state index contributed by atoms with van der Waals surface area (Å²) in [4.78, 5) is 14.0. The lowest BCUT2D eigenvalue weighted by molar-refractivity contribution is -0.142. The Morgan fingerprint density at radius 2 is 1.89 bits per heavy atom. The molecular weight excluding hydrogens is 252 g/mol. The molecule has 0 radical (unpaired) electrons. The Balaban J connectivity index is 0.00000289. The summed E-state index contributed by atoms with van der Waals surface area (Å²) in [5, 5.41) is 0. The van der Waals surface area contributed by atoms with Crippen molar-refractivity contribution >= 4 is 18.3 Å². The zero-order valence-electron chi connectivity index (χ0n) is 11.8. The highest BCUT2D eigenvalue weighted by atomic mass is 35.5. The van der Waals surface area contributed by atoms with Crippen molar-refractivity contribution in [2.45, 2.75) is 46.1 Å². The Kier molecular flexibility index (Phi) is 7.83. The van der Waals surface area contributed by atoms with E-state index in [4.69, 9.17) is 10.5 Å². The number of rotatable bonds is 4. The molecule has 0 spiro atoms. The van der Waals surface area contributed by atoms with Crippen LogP contribution < -0.4 is 5.73 Å². The molecule has 1 aliphatic heterocycles. The molecule has 0 aromatic heterocycles. The summed E-state index contributed by atoms with van der Waals surface area (Å²) < 4.78 is 5.72. The zero-order chi connectivity index (χ0) is 12.9. The molecule has 0 aromatic carbocycles. The first kappa shape index (κ1) is 17.7. The molecule has 1 heterocycles. The maximum Gasteiger partial charge on any atom is 0.227 e. The summed E-state index contributed by atoms with van der Waals surface area (Å²) in [7, 11) is 0. The van der Waals surface area contributed by atoms with Crippen molar-refractivity contribution in [2.75, 3.05) is 26.2 Å². The minimum absolute atomic E-state index is 0. The lowest BCUT2D eigenvalue weighted by atomic mass is 9.93. The van der Waals surface area contributed by atoms with Crippen LogP contribution in [0.2, 0.25) is 0 Å². The normalized spacial score (nSPS) is 17.4. The third kappa shape index (κ3) is 5.55. The van der Waals surface area contributed by atoms with Gasteiger partial charge in [0.15, 0.2) is 0 Å². The first-order valence-electron chi connectivity index (χ1n) is 6.56. The molecule has 108 valence electrons. The average molecular weight is 279 g/mol. The van der Waals surface area contributed by atoms with Gasteiger partial charge in [-0.2, -0.15) is 0 Å². The van der Waals surface area contributed by atoms with Gasteiger partial charge in [0, 0.05) is 25.1 Å². The monoisotopic (exact) mass is 278 g/mol. The van der Waals surface area contributed by atoms with E-state index in [0.717, 1.165) is 39.0 Å². The number of amides is 1. The Morgan fingerprint density at radius 1 is 1.33 bits per heavy atom. The van der Waals surface area contributed by atoms with E-state index in [1.54, 1.807) is 0 Å². The maximum atomic E-state index is 12.1. The topological polar surface area (TPSA) is 55.6 Å². The largest absolute Gasteiger partial charge is 0.378 e. The summed E-state index contributed by atoms with van der Waals surface area (Å²) in [5.74, 6) is 0.248. The minimum atomic E-state index is -0.271. The second kappa shape index (κ2) is 7.97. The van der Waals surface area contributed by atoms with Crippen LogP contribution in [-0.2, 0) is 9.53 Å². The second-order valence-electron chi connectivity index (χ2n) is 5.75. The van der Waals surface area contributed by atoms with E-state index >= 15 is 0 Å². The van der Waals surface area contributed by atoms with Crippen molar-refractivity contribution < 1.29 is 9.53 Å². The summed E-state index contributed by atoms with van der Waals surface area (Å²) in [6.07, 6.45) is 3.13. The molecule has 0 aliphatic carbocycles. The molecule has 5 heteroatoms. The number of nitrogens with two attached hydrogens (primary N) is 1. The van der Waals surface area contributed by atoms with Gasteiger partial charge in [0.2, 0.25) is 5.91 Å². The average Bonchev–Trinajstić information content (AvgIpc) is 2.28. The molecule has 1 saturated heterocycles. The number of ether oxygens (including phenoxy) is 1. The molecule has 18 heavy (non-hydrogen) atoms. The van der Waals surface area contributed by atoms with Gasteiger partial charge in [0.25, 0.3) is 0 Å². The van der Waals surface area contributed by atoms with E-state index in [1.165, 1.54) is 0 Å². The van der Waals surface area contributed by atoms with Crippen molar-refractivity contribution in [2.24, 2.45) is 11.1 Å². The first-order valence-corrected chi connectivity index (χ1v) is 6.56. The summed E-state index contributed by atoms with van der Waals surface area (Å²) in [6, 6.07) is 0. The predicted octanol–water partition coefficient (Wildman–Crippen LogP) is 1.81. The Hall–Kier alpha value is -0.320. The van der Waals surface area contributed by atoms with Crippen LogP contribution in [-0.4, -0.2) is 43.2 Å². The number of nitrogens with zero attached hydrogens (tertiary/aromatic N) is 1. The molecule has 0 atom stereocenters. The van der Waals surface area contributed by atoms with Crippen LogP contribution in [0, 0.1) is 5.41 Å². The van der Waals surface area contributed by atoms with Crippen LogP contribution >= 0.6 is 12.4 Å². The van der Waals surface area contributed by atoms with Crippen LogP contribution in [0.5, 0.6) is 0 Å². The van der Waals surface area contributed by atoms with Gasteiger partial charge in [-0.3, -0.25) is 4.79 Å². The van der Waals surface area contributed by atoms with E-state index in [1.807, 2.05) is 25.7 Å². The van der Waals surface area contributed by atoms with Crippen LogP contribution in [0.15, 0.2) is 0 Å². The SMILES string of the molecule is CC(C)(C)C(=O)N1CCC(OCCCN)CC1.Cl. The fraction of sp³-hybridized carbons (Fsp3) is 0.923. The van der Waals surface area contributed by atoms with E-state index in [2.05, 4.69) is 0 Å². The number of piperidine rings is 1. The van der Waals surface area contributed by atoms with Crippen molar-refractivity contribution in [3.05, 3.63) is 0 Å². The molecule has 1 aliphatic rings. The number of carbonyl (C=O) groups excluding carboxylic acids is 1. The Morgan fingerprint density at radius 3 is 2.33 bits per heavy atom. The standard InChI is InChI=1S/C13H26N2O2.ClH/c1-13(2,3)12(16)15-8-5-11(6-9-15)17-10-4-7-14;/h11H,4-10,14H2,1-3H3;1H. The highest BCUT2D eigenvalue weighted by Crippen LogP contribution is 2.21. The number of carbonyl (C=O) groups is 1. The molecule has 0 bridgehead atoms. The van der Waals surface area contributed by atoms with Gasteiger partial charge in [0.05, 0.1) is 6.10 Å². The van der Waals surface area contributed by atoms with E-state index in [-0.39, 0.29) is 23.7 Å². The van der Waals surface area contributed by atoms with Gasteiger partial charge >= 0.3 is 0 Å². The minimum Gasteiger partial charge on any atom is -0.378 e. The van der Waals surface area contributed by atoms with Crippen LogP contribution in [0.25, 0.3) is 0 Å². The van der Waals surface area contributed by atoms with Gasteiger partial charge in [-0.15, -0.1) is 12.4 Å². The smallest absolute Gasteiger partial charge is 0.227 e. The highest BCUT2D eigenvalue weighted by Gasteiger charge is 2.30. The van der Waals surface area contributed by atoms with Gasteiger partial charge in [-0.05, 0) is 25.8 Å². The first-order chi connectivity index (χ1) is 7.95. The predicted molar refractivity (Wildman–Crippen MR) is 75.9 cm³/mol. The number of hydrogen-bond donors (Lipinski definition) is 1. The molecule has 1 fully saturated rings. The van der Waals surface area contributed by atoms with E-state index in [0.29, 0.717) is 12.6 Å². The van der Waals surface area contributed by atoms with Crippen LogP contribution in [0.3, 0.4) is 0 Å². The van der Waals surface area contributed by atoms with Gasteiger partial charge in [-0.25, -0.2) is 0 Å². The van der Waals surface area contributed by atoms with Crippen molar-refractivity contribution in [1.29, 1.82) is 0 Å². The van der Waals surface area contributed by atoms with Gasteiger partial charge < -0.3 is 15.4 Å². The number of hydrogen-bond acceptors (Lipinski definition) is 3. The summed E-state index contributed by atoms with van der Waals surface area (Å²) >= 11 is 0. The van der Waals surface area contributed by atoms with Crippen molar-refractivity contribution in [3.63, 3.8) is 0 Å². The Bertz CT molecular complexity index is 246. The third-order valence-electron chi connectivity index (χ3n) is 3.07. The highest BCUT2D eigenvalue weighted by molar-refractivity contribution is 5.85. The lowest BCUT2D eigenvalue weighted by Gasteiger charge is -2.35. The van der Waals surface area contributed by atoms with Crippen LogP contribution in [0.1, 0.15) is 40.0 Å². The van der Waals surface area contributed by atoms with Crippen molar-refractivity contribution in [3.8, 4) is 0 Å². The fourth-order valence-corrected chi connectivity index (χ4v) is 2.03. The van der Waals surface area contributed by atoms with Gasteiger partial charge in [-0.1, -0.05) is 20.8 Å². The third-order valence-corrected chi connectivity index (χ3v) is 3.07. The number of likely N-dealkylation sites (tertiary alicyclic amines) is 1. The summed E-state index contributed by atoms with van der Waals surface area (Å²) in [6.45, 7) is 8.99. The van der Waals surface area contributed by atoms with Crippen LogP contribution in [0.4, 0.5) is 0 Å². The van der Waals surface area contributed by atoms with Crippen molar-refractivity contribution in [1.82, 2.24) is 4.90 Å². The molecule has 1 rings (SSSR count). The molecule has 0 aromatic rings. The molecule has 2 N–H and O–H groups in total. The summed E-state index contributed by atoms with van der Waals surface area (Å²) in [5.41, 5.74) is 5.15.